The summed E-state index contributed by atoms with van der Waals surface area (Å²) >= 11 is 0. The smallest absolute Gasteiger partial charge is 0.317 e. The second kappa shape index (κ2) is 10.9. The standard InChI is InChI=1S/C20H31N3O4/c1-3-7-17(12-16-8-5-4-6-9-16)21-20(26)23-10-11-27-18(14-23)13-22(2)15-19(24)25/h4-6,8-9,17-18H,3,7,10-15H2,1-2H3,(H,21,26)(H,24,25). The fraction of sp³-hybridized carbons (Fsp3) is 0.600. The van der Waals surface area contributed by atoms with Gasteiger partial charge in [-0.2, -0.15) is 0 Å². The van der Waals surface area contributed by atoms with E-state index >= 15 is 0 Å². The molecular formula is C20H31N3O4. The highest BCUT2D eigenvalue weighted by Gasteiger charge is 2.26. The number of hydrogen-bond donors (Lipinski definition) is 2. The molecule has 1 aromatic rings. The zero-order chi connectivity index (χ0) is 19.6. The lowest BCUT2D eigenvalue weighted by Crippen LogP contribution is -2.54. The lowest BCUT2D eigenvalue weighted by atomic mass is 10.0. The SMILES string of the molecule is CCCC(Cc1ccccc1)NC(=O)N1CCOC(CN(C)CC(=O)O)C1. The predicted molar refractivity (Wildman–Crippen MR) is 104 cm³/mol. The molecule has 2 N–H and O–H groups in total. The molecule has 0 aliphatic carbocycles. The maximum atomic E-state index is 12.7. The Morgan fingerprint density at radius 2 is 2.11 bits per heavy atom. The topological polar surface area (TPSA) is 82.1 Å². The number of nitrogens with zero attached hydrogens (tertiary/aromatic N) is 2. The van der Waals surface area contributed by atoms with Gasteiger partial charge in [0.25, 0.3) is 0 Å². The second-order valence-corrected chi connectivity index (χ2v) is 7.15. The van der Waals surface area contributed by atoms with Crippen molar-refractivity contribution < 1.29 is 19.4 Å². The summed E-state index contributed by atoms with van der Waals surface area (Å²) in [5.74, 6) is -0.869. The van der Waals surface area contributed by atoms with Gasteiger partial charge in [0.2, 0.25) is 0 Å². The maximum absolute atomic E-state index is 12.7. The number of aliphatic carboxylic acids is 1. The Labute approximate surface area is 161 Å². The molecule has 2 atom stereocenters. The fourth-order valence-corrected chi connectivity index (χ4v) is 3.40. The van der Waals surface area contributed by atoms with Crippen molar-refractivity contribution in [3.63, 3.8) is 0 Å². The molecule has 1 aliphatic heterocycles. The highest BCUT2D eigenvalue weighted by Crippen LogP contribution is 2.11. The average Bonchev–Trinajstić information content (AvgIpc) is 2.62. The summed E-state index contributed by atoms with van der Waals surface area (Å²) in [6.07, 6.45) is 2.57. The minimum absolute atomic E-state index is 0.0400. The Hall–Kier alpha value is -2.12. The van der Waals surface area contributed by atoms with Crippen LogP contribution in [-0.2, 0) is 16.0 Å². The van der Waals surface area contributed by atoms with Crippen molar-refractivity contribution >= 4 is 12.0 Å². The zero-order valence-electron chi connectivity index (χ0n) is 16.3. The van der Waals surface area contributed by atoms with Crippen molar-refractivity contribution in [1.82, 2.24) is 15.1 Å². The van der Waals surface area contributed by atoms with E-state index in [0.29, 0.717) is 26.2 Å². The number of urea groups is 1. The van der Waals surface area contributed by atoms with Crippen LogP contribution in [0.15, 0.2) is 30.3 Å². The lowest BCUT2D eigenvalue weighted by molar-refractivity contribution is -0.138. The van der Waals surface area contributed by atoms with Crippen molar-refractivity contribution in [2.45, 2.75) is 38.3 Å². The Kier molecular flexibility index (Phi) is 8.54. The van der Waals surface area contributed by atoms with Crippen molar-refractivity contribution in [2.24, 2.45) is 0 Å². The molecule has 1 aliphatic rings. The molecular weight excluding hydrogens is 346 g/mol. The molecule has 27 heavy (non-hydrogen) atoms. The van der Waals surface area contributed by atoms with E-state index in [4.69, 9.17) is 9.84 Å². The summed E-state index contributed by atoms with van der Waals surface area (Å²) in [6.45, 7) is 4.05. The van der Waals surface area contributed by atoms with Gasteiger partial charge in [-0.05, 0) is 25.5 Å². The molecule has 1 saturated heterocycles. The van der Waals surface area contributed by atoms with Crippen molar-refractivity contribution in [2.75, 3.05) is 39.8 Å². The van der Waals surface area contributed by atoms with Gasteiger partial charge >= 0.3 is 12.0 Å². The van der Waals surface area contributed by atoms with Crippen LogP contribution in [0.3, 0.4) is 0 Å². The van der Waals surface area contributed by atoms with Crippen LogP contribution in [0.4, 0.5) is 4.79 Å². The summed E-state index contributed by atoms with van der Waals surface area (Å²) in [7, 11) is 1.74. The van der Waals surface area contributed by atoms with E-state index in [-0.39, 0.29) is 24.7 Å². The summed E-state index contributed by atoms with van der Waals surface area (Å²) in [4.78, 5) is 27.0. The minimum Gasteiger partial charge on any atom is -0.480 e. The van der Waals surface area contributed by atoms with E-state index in [9.17, 15) is 9.59 Å². The summed E-state index contributed by atoms with van der Waals surface area (Å²) in [5.41, 5.74) is 1.21. The van der Waals surface area contributed by atoms with Crippen LogP contribution in [0.25, 0.3) is 0 Å². The van der Waals surface area contributed by atoms with Crippen LogP contribution < -0.4 is 5.32 Å². The molecule has 150 valence electrons. The Morgan fingerprint density at radius 3 is 2.78 bits per heavy atom. The summed E-state index contributed by atoms with van der Waals surface area (Å²) < 4.78 is 5.70. The van der Waals surface area contributed by atoms with Gasteiger partial charge in [-0.3, -0.25) is 9.69 Å². The van der Waals surface area contributed by atoms with E-state index in [2.05, 4.69) is 24.4 Å². The molecule has 0 radical (unpaired) electrons. The van der Waals surface area contributed by atoms with Gasteiger partial charge in [-0.1, -0.05) is 43.7 Å². The number of morpholine rings is 1. The van der Waals surface area contributed by atoms with Crippen molar-refractivity contribution in [3.05, 3.63) is 35.9 Å². The van der Waals surface area contributed by atoms with Gasteiger partial charge in [-0.15, -0.1) is 0 Å². The van der Waals surface area contributed by atoms with E-state index in [1.54, 1.807) is 16.8 Å². The molecule has 0 spiro atoms. The monoisotopic (exact) mass is 377 g/mol. The van der Waals surface area contributed by atoms with Gasteiger partial charge < -0.3 is 20.1 Å². The maximum Gasteiger partial charge on any atom is 0.317 e. The Morgan fingerprint density at radius 1 is 1.37 bits per heavy atom. The van der Waals surface area contributed by atoms with Crippen LogP contribution in [0, 0.1) is 0 Å². The largest absolute Gasteiger partial charge is 0.480 e. The Balaban J connectivity index is 1.87. The normalized spacial score (nSPS) is 18.3. The number of ether oxygens (including phenoxy) is 1. The Bertz CT molecular complexity index is 596. The third-order valence-electron chi connectivity index (χ3n) is 4.64. The van der Waals surface area contributed by atoms with Crippen LogP contribution in [0.1, 0.15) is 25.3 Å². The molecule has 1 aromatic carbocycles. The molecule has 2 rings (SSSR count). The van der Waals surface area contributed by atoms with Crippen molar-refractivity contribution in [3.8, 4) is 0 Å². The molecule has 1 fully saturated rings. The number of likely N-dealkylation sites (N-methyl/N-ethyl adjacent to an activating group) is 1. The highest BCUT2D eigenvalue weighted by atomic mass is 16.5. The second-order valence-electron chi connectivity index (χ2n) is 7.15. The van der Waals surface area contributed by atoms with E-state index in [1.807, 2.05) is 18.2 Å². The summed E-state index contributed by atoms with van der Waals surface area (Å²) in [6, 6.07) is 10.2. The first-order valence-electron chi connectivity index (χ1n) is 9.59. The molecule has 0 saturated carbocycles. The lowest BCUT2D eigenvalue weighted by Gasteiger charge is -2.35. The fourth-order valence-electron chi connectivity index (χ4n) is 3.40. The van der Waals surface area contributed by atoms with Gasteiger partial charge in [0.05, 0.1) is 19.3 Å². The van der Waals surface area contributed by atoms with Crippen LogP contribution in [0.2, 0.25) is 0 Å². The average molecular weight is 377 g/mol. The van der Waals surface area contributed by atoms with E-state index < -0.39 is 5.97 Å². The van der Waals surface area contributed by atoms with Gasteiger partial charge in [0, 0.05) is 25.7 Å². The van der Waals surface area contributed by atoms with Crippen molar-refractivity contribution in [1.29, 1.82) is 0 Å². The predicted octanol–water partition coefficient (Wildman–Crippen LogP) is 1.82. The third kappa shape index (κ3) is 7.56. The number of nitrogens with one attached hydrogen (secondary N) is 1. The quantitative estimate of drug-likeness (QED) is 0.686. The first-order chi connectivity index (χ1) is 13.0. The molecule has 0 aromatic heterocycles. The van der Waals surface area contributed by atoms with Crippen LogP contribution >= 0.6 is 0 Å². The number of carbonyl (C=O) groups excluding carboxylic acids is 1. The number of amides is 2. The minimum atomic E-state index is -0.869. The summed E-state index contributed by atoms with van der Waals surface area (Å²) in [5, 5.41) is 12.0. The van der Waals surface area contributed by atoms with Gasteiger partial charge in [-0.25, -0.2) is 4.79 Å². The van der Waals surface area contributed by atoms with Gasteiger partial charge in [0.15, 0.2) is 0 Å². The molecule has 7 heteroatoms. The molecule has 0 bridgehead atoms. The number of benzene rings is 1. The van der Waals surface area contributed by atoms with Gasteiger partial charge in [0.1, 0.15) is 0 Å². The third-order valence-corrected chi connectivity index (χ3v) is 4.64. The number of carbonyl (C=O) groups is 2. The zero-order valence-corrected chi connectivity index (χ0v) is 16.3. The number of hydrogen-bond acceptors (Lipinski definition) is 4. The molecule has 1 heterocycles. The first kappa shape index (κ1) is 21.2. The van der Waals surface area contributed by atoms with Crippen LogP contribution in [0.5, 0.6) is 0 Å². The number of carboxylic acid groups (broad SMARTS) is 1. The molecule has 7 nitrogen and oxygen atoms in total. The van der Waals surface area contributed by atoms with Crippen LogP contribution in [-0.4, -0.2) is 78.9 Å². The number of carboxylic acids is 1. The molecule has 2 unspecified atom stereocenters. The number of rotatable bonds is 9. The highest BCUT2D eigenvalue weighted by molar-refractivity contribution is 5.74. The first-order valence-corrected chi connectivity index (χ1v) is 9.59. The van der Waals surface area contributed by atoms with E-state index in [1.165, 1.54) is 5.56 Å². The van der Waals surface area contributed by atoms with E-state index in [0.717, 1.165) is 19.3 Å². The molecule has 2 amide bonds.